The van der Waals surface area contributed by atoms with E-state index in [1.54, 1.807) is 0 Å². The summed E-state index contributed by atoms with van der Waals surface area (Å²) < 4.78 is 0. The molecule has 2 heteroatoms. The van der Waals surface area contributed by atoms with Gasteiger partial charge in [0.2, 0.25) is 0 Å². The molecule has 0 amide bonds. The Balaban J connectivity index is 2.18. The summed E-state index contributed by atoms with van der Waals surface area (Å²) in [6.45, 7) is 14.3. The predicted octanol–water partition coefficient (Wildman–Crippen LogP) is 2.74. The summed E-state index contributed by atoms with van der Waals surface area (Å²) in [6.07, 6.45) is 4.02. The zero-order chi connectivity index (χ0) is 12.0. The minimum Gasteiger partial charge on any atom is -0.313 e. The highest BCUT2D eigenvalue weighted by Gasteiger charge is 2.19. The molecule has 1 fully saturated rings. The molecule has 1 unspecified atom stereocenters. The predicted molar refractivity (Wildman–Crippen MR) is 71.8 cm³/mol. The van der Waals surface area contributed by atoms with Crippen LogP contribution in [-0.2, 0) is 0 Å². The van der Waals surface area contributed by atoms with Crippen LogP contribution >= 0.6 is 0 Å². The molecule has 0 aliphatic carbocycles. The van der Waals surface area contributed by atoms with Gasteiger partial charge in [-0.3, -0.25) is 0 Å². The van der Waals surface area contributed by atoms with Crippen molar-refractivity contribution in [1.82, 2.24) is 10.2 Å². The van der Waals surface area contributed by atoms with Crippen molar-refractivity contribution in [2.45, 2.75) is 53.0 Å². The fourth-order valence-corrected chi connectivity index (χ4v) is 2.68. The molecule has 0 aromatic carbocycles. The molecule has 0 aromatic rings. The summed E-state index contributed by atoms with van der Waals surface area (Å²) in [5.41, 5.74) is 0. The van der Waals surface area contributed by atoms with Crippen LogP contribution in [0.2, 0.25) is 0 Å². The van der Waals surface area contributed by atoms with E-state index < -0.39 is 0 Å². The zero-order valence-corrected chi connectivity index (χ0v) is 11.6. The summed E-state index contributed by atoms with van der Waals surface area (Å²) in [4.78, 5) is 2.57. The Morgan fingerprint density at radius 2 is 1.81 bits per heavy atom. The van der Waals surface area contributed by atoms with E-state index in [0.29, 0.717) is 6.04 Å². The molecule has 1 aliphatic heterocycles. The lowest BCUT2D eigenvalue weighted by atomic mass is 9.95. The Morgan fingerprint density at radius 3 is 2.25 bits per heavy atom. The number of nitrogens with one attached hydrogen (secondary N) is 1. The fraction of sp³-hybridized carbons (Fsp3) is 1.00. The zero-order valence-electron chi connectivity index (χ0n) is 11.6. The summed E-state index contributed by atoms with van der Waals surface area (Å²) in [6, 6.07) is 0.712. The summed E-state index contributed by atoms with van der Waals surface area (Å²) in [5.74, 6) is 1.68. The van der Waals surface area contributed by atoms with Crippen molar-refractivity contribution in [3.8, 4) is 0 Å². The van der Waals surface area contributed by atoms with Crippen LogP contribution in [0.25, 0.3) is 0 Å². The van der Waals surface area contributed by atoms with Crippen LogP contribution in [0.4, 0.5) is 0 Å². The molecule has 1 atom stereocenters. The number of hydrogen-bond acceptors (Lipinski definition) is 2. The topological polar surface area (TPSA) is 15.3 Å². The lowest BCUT2D eigenvalue weighted by molar-refractivity contribution is 0.184. The van der Waals surface area contributed by atoms with Gasteiger partial charge in [-0.25, -0.2) is 0 Å². The van der Waals surface area contributed by atoms with Gasteiger partial charge in [-0.15, -0.1) is 0 Å². The van der Waals surface area contributed by atoms with Gasteiger partial charge in [0.25, 0.3) is 0 Å². The van der Waals surface area contributed by atoms with Gasteiger partial charge in [-0.2, -0.15) is 0 Å². The van der Waals surface area contributed by atoms with E-state index in [-0.39, 0.29) is 0 Å². The van der Waals surface area contributed by atoms with Crippen LogP contribution in [0.5, 0.6) is 0 Å². The maximum absolute atomic E-state index is 3.75. The standard InChI is InChI=1S/C14H30N2/c1-5-14(12(3)4)15-11-13-7-9-16(6-2)10-8-13/h12-15H,5-11H2,1-4H3. The van der Waals surface area contributed by atoms with Crippen molar-refractivity contribution in [2.75, 3.05) is 26.2 Å². The van der Waals surface area contributed by atoms with E-state index in [4.69, 9.17) is 0 Å². The highest BCUT2D eigenvalue weighted by atomic mass is 15.1. The highest BCUT2D eigenvalue weighted by Crippen LogP contribution is 2.17. The smallest absolute Gasteiger partial charge is 0.00875 e. The summed E-state index contributed by atoms with van der Waals surface area (Å²) in [5, 5.41) is 3.75. The molecule has 96 valence electrons. The summed E-state index contributed by atoms with van der Waals surface area (Å²) in [7, 11) is 0. The molecular formula is C14H30N2. The molecule has 1 saturated heterocycles. The minimum absolute atomic E-state index is 0.712. The molecule has 0 aromatic heterocycles. The lowest BCUT2D eigenvalue weighted by Gasteiger charge is -2.32. The quantitative estimate of drug-likeness (QED) is 0.749. The van der Waals surface area contributed by atoms with Crippen LogP contribution in [0.3, 0.4) is 0 Å². The average Bonchev–Trinajstić information content (AvgIpc) is 2.30. The third-order valence-corrected chi connectivity index (χ3v) is 4.07. The normalized spacial score (nSPS) is 21.6. The van der Waals surface area contributed by atoms with E-state index in [9.17, 15) is 0 Å². The first-order valence-corrected chi connectivity index (χ1v) is 7.13. The first-order valence-electron chi connectivity index (χ1n) is 7.13. The van der Waals surface area contributed by atoms with Crippen molar-refractivity contribution >= 4 is 0 Å². The molecule has 1 rings (SSSR count). The van der Waals surface area contributed by atoms with E-state index in [1.165, 1.54) is 45.4 Å². The van der Waals surface area contributed by atoms with Crippen molar-refractivity contribution in [2.24, 2.45) is 11.8 Å². The molecule has 0 bridgehead atoms. The maximum atomic E-state index is 3.75. The van der Waals surface area contributed by atoms with Gasteiger partial charge in [0.15, 0.2) is 0 Å². The second-order valence-electron chi connectivity index (χ2n) is 5.54. The van der Waals surface area contributed by atoms with Gasteiger partial charge in [0, 0.05) is 6.04 Å². The average molecular weight is 226 g/mol. The van der Waals surface area contributed by atoms with Gasteiger partial charge < -0.3 is 10.2 Å². The number of rotatable bonds is 6. The number of piperidine rings is 1. The number of nitrogens with zero attached hydrogens (tertiary/aromatic N) is 1. The van der Waals surface area contributed by atoms with E-state index >= 15 is 0 Å². The molecular weight excluding hydrogens is 196 g/mol. The Bertz CT molecular complexity index is 172. The van der Waals surface area contributed by atoms with Crippen LogP contribution in [0.1, 0.15) is 47.0 Å². The lowest BCUT2D eigenvalue weighted by Crippen LogP contribution is -2.41. The monoisotopic (exact) mass is 226 g/mol. The van der Waals surface area contributed by atoms with E-state index in [1.807, 2.05) is 0 Å². The Kier molecular flexibility index (Phi) is 6.37. The van der Waals surface area contributed by atoms with Crippen LogP contribution in [0, 0.1) is 11.8 Å². The molecule has 0 radical (unpaired) electrons. The molecule has 1 aliphatic rings. The van der Waals surface area contributed by atoms with Crippen molar-refractivity contribution in [3.63, 3.8) is 0 Å². The van der Waals surface area contributed by atoms with E-state index in [2.05, 4.69) is 37.9 Å². The van der Waals surface area contributed by atoms with Crippen molar-refractivity contribution in [1.29, 1.82) is 0 Å². The maximum Gasteiger partial charge on any atom is 0.00875 e. The first kappa shape index (κ1) is 14.0. The molecule has 0 saturated carbocycles. The Morgan fingerprint density at radius 1 is 1.19 bits per heavy atom. The molecule has 16 heavy (non-hydrogen) atoms. The number of likely N-dealkylation sites (tertiary alicyclic amines) is 1. The van der Waals surface area contributed by atoms with Gasteiger partial charge in [-0.05, 0) is 57.3 Å². The third kappa shape index (κ3) is 4.42. The highest BCUT2D eigenvalue weighted by molar-refractivity contribution is 4.76. The van der Waals surface area contributed by atoms with Crippen LogP contribution < -0.4 is 5.32 Å². The van der Waals surface area contributed by atoms with Crippen molar-refractivity contribution < 1.29 is 0 Å². The molecule has 2 nitrogen and oxygen atoms in total. The molecule has 1 N–H and O–H groups in total. The van der Waals surface area contributed by atoms with Crippen molar-refractivity contribution in [3.05, 3.63) is 0 Å². The molecule has 0 spiro atoms. The summed E-state index contributed by atoms with van der Waals surface area (Å²) >= 11 is 0. The van der Waals surface area contributed by atoms with E-state index in [0.717, 1.165) is 11.8 Å². The molecule has 1 heterocycles. The second-order valence-corrected chi connectivity index (χ2v) is 5.54. The van der Waals surface area contributed by atoms with Gasteiger partial charge in [-0.1, -0.05) is 27.7 Å². The first-order chi connectivity index (χ1) is 7.67. The second kappa shape index (κ2) is 7.29. The van der Waals surface area contributed by atoms with Gasteiger partial charge in [0.05, 0.1) is 0 Å². The van der Waals surface area contributed by atoms with Gasteiger partial charge in [0.1, 0.15) is 0 Å². The van der Waals surface area contributed by atoms with Gasteiger partial charge >= 0.3 is 0 Å². The number of hydrogen-bond donors (Lipinski definition) is 1. The Labute approximate surface area is 102 Å². The Hall–Kier alpha value is -0.0800. The fourth-order valence-electron chi connectivity index (χ4n) is 2.68. The SMILES string of the molecule is CCC(NCC1CCN(CC)CC1)C(C)C. The third-order valence-electron chi connectivity index (χ3n) is 4.07. The minimum atomic E-state index is 0.712. The van der Waals surface area contributed by atoms with Crippen LogP contribution in [-0.4, -0.2) is 37.1 Å². The largest absolute Gasteiger partial charge is 0.313 e. The van der Waals surface area contributed by atoms with Crippen LogP contribution in [0.15, 0.2) is 0 Å².